The Kier molecular flexibility index (Phi) is 4.31. The summed E-state index contributed by atoms with van der Waals surface area (Å²) in [6.45, 7) is 1.50. The monoisotopic (exact) mass is 411 g/mol. The number of sulfonamides is 1. The zero-order chi connectivity index (χ0) is 20.1. The number of benzene rings is 1. The molecule has 29 heavy (non-hydrogen) atoms. The van der Waals surface area contributed by atoms with Gasteiger partial charge in [-0.05, 0) is 31.4 Å². The van der Waals surface area contributed by atoms with Gasteiger partial charge >= 0.3 is 0 Å². The van der Waals surface area contributed by atoms with Gasteiger partial charge in [-0.1, -0.05) is 12.1 Å². The number of nitriles is 1. The van der Waals surface area contributed by atoms with Gasteiger partial charge < -0.3 is 10.1 Å². The molecule has 0 amide bonds. The van der Waals surface area contributed by atoms with Crippen molar-refractivity contribution in [1.82, 2.24) is 14.3 Å². The highest BCUT2D eigenvalue weighted by Gasteiger charge is 2.48. The predicted molar refractivity (Wildman–Crippen MR) is 105 cm³/mol. The first-order valence-electron chi connectivity index (χ1n) is 9.72. The summed E-state index contributed by atoms with van der Waals surface area (Å²) in [5.41, 5.74) is 1.46. The number of rotatable bonds is 4. The van der Waals surface area contributed by atoms with Gasteiger partial charge in [0.2, 0.25) is 16.0 Å². The van der Waals surface area contributed by atoms with Crippen LogP contribution in [0.15, 0.2) is 35.4 Å². The molecular weight excluding hydrogens is 390 g/mol. The number of ether oxygens (including phenoxy) is 1. The molecule has 0 bridgehead atoms. The van der Waals surface area contributed by atoms with Crippen LogP contribution in [0.25, 0.3) is 0 Å². The van der Waals surface area contributed by atoms with E-state index in [0.29, 0.717) is 38.2 Å². The Morgan fingerprint density at radius 2 is 2.14 bits per heavy atom. The molecule has 2 aromatic rings. The fourth-order valence-electron chi connectivity index (χ4n) is 4.15. The van der Waals surface area contributed by atoms with E-state index in [2.05, 4.69) is 10.3 Å². The molecule has 3 aliphatic rings. The summed E-state index contributed by atoms with van der Waals surface area (Å²) in [7, 11) is -3.78. The zero-order valence-electron chi connectivity index (χ0n) is 15.8. The molecule has 3 heterocycles. The Morgan fingerprint density at radius 1 is 1.31 bits per heavy atom. The van der Waals surface area contributed by atoms with Crippen molar-refractivity contribution in [2.24, 2.45) is 0 Å². The summed E-state index contributed by atoms with van der Waals surface area (Å²) in [5, 5.41) is 12.7. The van der Waals surface area contributed by atoms with E-state index in [9.17, 15) is 13.7 Å². The molecule has 1 aromatic heterocycles. The number of nitrogens with one attached hydrogen (secondary N) is 1. The predicted octanol–water partition coefficient (Wildman–Crippen LogP) is 1.79. The minimum atomic E-state index is -3.78. The van der Waals surface area contributed by atoms with Crippen molar-refractivity contribution in [3.63, 3.8) is 0 Å². The summed E-state index contributed by atoms with van der Waals surface area (Å²) in [6, 6.07) is 8.75. The van der Waals surface area contributed by atoms with Crippen LogP contribution in [0.5, 0.6) is 0 Å². The zero-order valence-corrected chi connectivity index (χ0v) is 16.7. The highest BCUT2D eigenvalue weighted by atomic mass is 32.2. The molecule has 1 atom stereocenters. The maximum Gasteiger partial charge on any atom is 0.244 e. The standard InChI is InChI=1S/C20H21N5O3S/c21-9-14-3-1-2-4-17(14)29(26,27)25-8-7-20(12-25)13-28-11-15-10-22-19(24-18(15)20)23-16-5-6-16/h1-4,10,16H,5-8,11-13H2,(H,22,23,24). The van der Waals surface area contributed by atoms with E-state index in [1.54, 1.807) is 18.3 Å². The summed E-state index contributed by atoms with van der Waals surface area (Å²) in [6.07, 6.45) is 4.65. The third-order valence-electron chi connectivity index (χ3n) is 5.86. The number of hydrogen-bond acceptors (Lipinski definition) is 7. The van der Waals surface area contributed by atoms with Gasteiger partial charge in [-0.25, -0.2) is 18.4 Å². The number of aromatic nitrogens is 2. The molecule has 8 nitrogen and oxygen atoms in total. The van der Waals surface area contributed by atoms with E-state index in [4.69, 9.17) is 9.72 Å². The van der Waals surface area contributed by atoms with Crippen LogP contribution in [0.3, 0.4) is 0 Å². The van der Waals surface area contributed by atoms with Gasteiger partial charge in [0.1, 0.15) is 6.07 Å². The van der Waals surface area contributed by atoms with Crippen LogP contribution in [0.4, 0.5) is 5.95 Å². The van der Waals surface area contributed by atoms with Gasteiger partial charge in [-0.2, -0.15) is 9.57 Å². The molecule has 1 saturated carbocycles. The Balaban J connectivity index is 1.48. The van der Waals surface area contributed by atoms with E-state index in [0.717, 1.165) is 24.1 Å². The molecule has 2 aliphatic heterocycles. The van der Waals surface area contributed by atoms with Crippen LogP contribution >= 0.6 is 0 Å². The van der Waals surface area contributed by atoms with Crippen LogP contribution in [0.1, 0.15) is 36.1 Å². The summed E-state index contributed by atoms with van der Waals surface area (Å²) in [5.74, 6) is 0.601. The molecule has 1 unspecified atom stereocenters. The normalized spacial score (nSPS) is 24.2. The minimum absolute atomic E-state index is 0.0512. The van der Waals surface area contributed by atoms with Crippen molar-refractivity contribution in [2.45, 2.75) is 42.2 Å². The molecule has 1 N–H and O–H groups in total. The lowest BCUT2D eigenvalue weighted by Gasteiger charge is -2.34. The fourth-order valence-corrected chi connectivity index (χ4v) is 5.82. The third-order valence-corrected chi connectivity index (χ3v) is 7.76. The number of nitrogens with zero attached hydrogens (tertiary/aromatic N) is 4. The SMILES string of the molecule is N#Cc1ccccc1S(=O)(=O)N1CCC2(COCc3cnc(NC4CC4)nc32)C1. The Bertz CT molecular complexity index is 1110. The highest BCUT2D eigenvalue weighted by Crippen LogP contribution is 2.41. The molecule has 5 rings (SSSR count). The molecule has 1 spiro atoms. The number of anilines is 1. The second kappa shape index (κ2) is 6.76. The first-order valence-corrected chi connectivity index (χ1v) is 11.2. The fraction of sp³-hybridized carbons (Fsp3) is 0.450. The average molecular weight is 411 g/mol. The topological polar surface area (TPSA) is 108 Å². The number of hydrogen-bond donors (Lipinski definition) is 1. The van der Waals surface area contributed by atoms with Crippen LogP contribution in [0.2, 0.25) is 0 Å². The first kappa shape index (κ1) is 18.5. The Labute approximate surface area is 169 Å². The van der Waals surface area contributed by atoms with Gasteiger partial charge in [0.05, 0.1) is 34.8 Å². The van der Waals surface area contributed by atoms with Gasteiger partial charge in [0.25, 0.3) is 0 Å². The number of fused-ring (bicyclic) bond motifs is 2. The maximum absolute atomic E-state index is 13.3. The second-order valence-corrected chi connectivity index (χ2v) is 9.86. The van der Waals surface area contributed by atoms with E-state index in [1.807, 2.05) is 6.07 Å². The third kappa shape index (κ3) is 3.17. The van der Waals surface area contributed by atoms with Gasteiger partial charge in [0, 0.05) is 30.9 Å². The van der Waals surface area contributed by atoms with Crippen LogP contribution in [0, 0.1) is 11.3 Å². The van der Waals surface area contributed by atoms with Gasteiger partial charge in [-0.3, -0.25) is 0 Å². The van der Waals surface area contributed by atoms with E-state index in [-0.39, 0.29) is 17.0 Å². The summed E-state index contributed by atoms with van der Waals surface area (Å²) < 4.78 is 33.8. The second-order valence-electron chi connectivity index (χ2n) is 7.96. The molecule has 1 saturated heterocycles. The molecule has 150 valence electrons. The maximum atomic E-state index is 13.3. The molecule has 0 radical (unpaired) electrons. The smallest absolute Gasteiger partial charge is 0.244 e. The molecule has 1 aliphatic carbocycles. The van der Waals surface area contributed by atoms with Gasteiger partial charge in [-0.15, -0.1) is 0 Å². The molecule has 9 heteroatoms. The van der Waals surface area contributed by atoms with Gasteiger partial charge in [0.15, 0.2) is 0 Å². The van der Waals surface area contributed by atoms with E-state index in [1.165, 1.54) is 16.4 Å². The highest BCUT2D eigenvalue weighted by molar-refractivity contribution is 7.89. The Hall–Kier alpha value is -2.54. The van der Waals surface area contributed by atoms with Crippen LogP contribution in [-0.2, 0) is 26.8 Å². The van der Waals surface area contributed by atoms with Crippen LogP contribution in [-0.4, -0.2) is 48.4 Å². The van der Waals surface area contributed by atoms with Crippen molar-refractivity contribution in [3.8, 4) is 6.07 Å². The van der Waals surface area contributed by atoms with E-state index >= 15 is 0 Å². The first-order chi connectivity index (χ1) is 14.0. The quantitative estimate of drug-likeness (QED) is 0.817. The lowest BCUT2D eigenvalue weighted by molar-refractivity contribution is 0.0532. The lowest BCUT2D eigenvalue weighted by Crippen LogP contribution is -2.41. The molecule has 1 aromatic carbocycles. The molecule has 2 fully saturated rings. The molecular formula is C20H21N5O3S. The Morgan fingerprint density at radius 3 is 2.93 bits per heavy atom. The van der Waals surface area contributed by atoms with Crippen molar-refractivity contribution in [1.29, 1.82) is 5.26 Å². The van der Waals surface area contributed by atoms with Crippen LogP contribution < -0.4 is 5.32 Å². The lowest BCUT2D eigenvalue weighted by atomic mass is 9.81. The summed E-state index contributed by atoms with van der Waals surface area (Å²) in [4.78, 5) is 9.22. The van der Waals surface area contributed by atoms with Crippen molar-refractivity contribution in [2.75, 3.05) is 25.0 Å². The minimum Gasteiger partial charge on any atom is -0.376 e. The van der Waals surface area contributed by atoms with Crippen molar-refractivity contribution >= 4 is 16.0 Å². The largest absolute Gasteiger partial charge is 0.376 e. The van der Waals surface area contributed by atoms with E-state index < -0.39 is 15.4 Å². The average Bonchev–Trinajstić information content (AvgIpc) is 3.45. The van der Waals surface area contributed by atoms with Crippen molar-refractivity contribution in [3.05, 3.63) is 47.3 Å². The summed E-state index contributed by atoms with van der Waals surface area (Å²) >= 11 is 0. The van der Waals surface area contributed by atoms with Crippen molar-refractivity contribution < 1.29 is 13.2 Å².